The summed E-state index contributed by atoms with van der Waals surface area (Å²) in [5.41, 5.74) is -1.89. The van der Waals surface area contributed by atoms with Gasteiger partial charge in [0.15, 0.2) is 5.82 Å². The molecule has 17 heteroatoms. The zero-order valence-corrected chi connectivity index (χ0v) is 38.1. The number of aromatic nitrogens is 3. The van der Waals surface area contributed by atoms with E-state index in [1.807, 2.05) is 48.0 Å². The Morgan fingerprint density at radius 2 is 1.53 bits per heavy atom. The summed E-state index contributed by atoms with van der Waals surface area (Å²) in [5, 5.41) is -0.154. The predicted molar refractivity (Wildman–Crippen MR) is 239 cm³/mol. The zero-order valence-electron chi connectivity index (χ0n) is 37.4. The van der Waals surface area contributed by atoms with Crippen LogP contribution < -0.4 is 24.0 Å². The third-order valence-electron chi connectivity index (χ3n) is 11.6. The standard InChI is InChI=1S/C47H54ClF4N7O5/c1-28-22-37(58(25-30-11-15-33(61-7)16-12-30)26-31-13-17-34(62-8)18-14-31)53-42(39(28)47(50,51)52)38-36(48)23-35-41(40(38)49)54-44(63-27-32-10-9-19-56(32)6)55-43(35)59-21-20-57(24-29(59)2)45(60)64-46(3,4)5/h11-18,22-23,29,32H,9-10,19-21,24-27H2,1-8H3/t29-,32-/m0/s1. The molecule has 64 heavy (non-hydrogen) atoms. The Morgan fingerprint density at radius 1 is 0.906 bits per heavy atom. The molecular formula is C47H54ClF4N7O5. The number of likely N-dealkylation sites (tertiary alicyclic amines) is 1. The first-order valence-electron chi connectivity index (χ1n) is 21.2. The van der Waals surface area contributed by atoms with Gasteiger partial charge in [-0.05, 0) is 114 Å². The molecule has 12 nitrogen and oxygen atoms in total. The molecule has 2 fully saturated rings. The van der Waals surface area contributed by atoms with E-state index in [1.165, 1.54) is 19.1 Å². The van der Waals surface area contributed by atoms with Crippen molar-refractivity contribution in [3.05, 3.63) is 93.8 Å². The van der Waals surface area contributed by atoms with E-state index in [0.29, 0.717) is 11.5 Å². The van der Waals surface area contributed by atoms with Gasteiger partial charge in [-0.1, -0.05) is 35.9 Å². The van der Waals surface area contributed by atoms with Crippen molar-refractivity contribution in [3.63, 3.8) is 0 Å². The number of methoxy groups -OCH3 is 2. The van der Waals surface area contributed by atoms with Crippen LogP contribution in [0.15, 0.2) is 60.7 Å². The van der Waals surface area contributed by atoms with Crippen molar-refractivity contribution < 1.29 is 41.3 Å². The Balaban J connectivity index is 1.36. The largest absolute Gasteiger partial charge is 0.497 e. The third kappa shape index (κ3) is 10.3. The Kier molecular flexibility index (Phi) is 13.7. The van der Waals surface area contributed by atoms with Gasteiger partial charge in [0.25, 0.3) is 0 Å². The highest BCUT2D eigenvalue weighted by Crippen LogP contribution is 2.46. The van der Waals surface area contributed by atoms with E-state index in [0.717, 1.165) is 30.5 Å². The average molecular weight is 908 g/mol. The first-order chi connectivity index (χ1) is 30.3. The second-order valence-corrected chi connectivity index (χ2v) is 17.8. The molecule has 0 saturated carbocycles. The third-order valence-corrected chi connectivity index (χ3v) is 11.9. The first kappa shape index (κ1) is 46.4. The highest BCUT2D eigenvalue weighted by Gasteiger charge is 2.40. The van der Waals surface area contributed by atoms with Gasteiger partial charge < -0.3 is 38.5 Å². The van der Waals surface area contributed by atoms with Crippen molar-refractivity contribution >= 4 is 40.2 Å². The number of alkyl halides is 3. The molecule has 2 aliphatic rings. The van der Waals surface area contributed by atoms with Gasteiger partial charge in [-0.2, -0.15) is 23.1 Å². The molecule has 2 aromatic heterocycles. The Bertz CT molecular complexity index is 2420. The van der Waals surface area contributed by atoms with Gasteiger partial charge in [0.1, 0.15) is 40.9 Å². The number of carbonyl (C=O) groups excluding carboxylic acids is 1. The van der Waals surface area contributed by atoms with Gasteiger partial charge in [0.05, 0.1) is 36.1 Å². The maximum Gasteiger partial charge on any atom is 0.418 e. The minimum atomic E-state index is -4.95. The summed E-state index contributed by atoms with van der Waals surface area (Å²) in [4.78, 5) is 34.5. The summed E-state index contributed by atoms with van der Waals surface area (Å²) in [7, 11) is 5.11. The number of likely N-dealkylation sites (N-methyl/N-ethyl adjacent to an activating group) is 1. The molecule has 0 bridgehead atoms. The molecule has 0 aliphatic carbocycles. The van der Waals surface area contributed by atoms with E-state index in [4.69, 9.17) is 35.5 Å². The van der Waals surface area contributed by atoms with Crippen molar-refractivity contribution in [2.75, 3.05) is 63.9 Å². The van der Waals surface area contributed by atoms with Gasteiger partial charge >= 0.3 is 18.3 Å². The number of ether oxygens (including phenoxy) is 4. The number of rotatable bonds is 12. The monoisotopic (exact) mass is 907 g/mol. The zero-order chi connectivity index (χ0) is 46.1. The van der Waals surface area contributed by atoms with Crippen molar-refractivity contribution in [2.45, 2.75) is 84.4 Å². The van der Waals surface area contributed by atoms with E-state index < -0.39 is 40.5 Å². The lowest BCUT2D eigenvalue weighted by Crippen LogP contribution is -2.55. The smallest absolute Gasteiger partial charge is 0.418 e. The highest BCUT2D eigenvalue weighted by atomic mass is 35.5. The molecule has 0 N–H and O–H groups in total. The van der Waals surface area contributed by atoms with Crippen LogP contribution in [0.5, 0.6) is 17.5 Å². The topological polar surface area (TPSA) is 106 Å². The van der Waals surface area contributed by atoms with Gasteiger partial charge in [-0.25, -0.2) is 14.2 Å². The second-order valence-electron chi connectivity index (χ2n) is 17.4. The number of hydrogen-bond acceptors (Lipinski definition) is 11. The molecule has 0 spiro atoms. The Morgan fingerprint density at radius 3 is 2.06 bits per heavy atom. The van der Waals surface area contributed by atoms with Gasteiger partial charge in [-0.3, -0.25) is 0 Å². The lowest BCUT2D eigenvalue weighted by Gasteiger charge is -2.41. The number of anilines is 2. The van der Waals surface area contributed by atoms with Gasteiger partial charge in [-0.15, -0.1) is 0 Å². The number of pyridine rings is 1. The number of aryl methyl sites for hydroxylation is 1. The van der Waals surface area contributed by atoms with Gasteiger partial charge in [0.2, 0.25) is 0 Å². The van der Waals surface area contributed by atoms with E-state index in [2.05, 4.69) is 14.9 Å². The Labute approximate surface area is 376 Å². The molecule has 2 atom stereocenters. The minimum Gasteiger partial charge on any atom is -0.497 e. The highest BCUT2D eigenvalue weighted by molar-refractivity contribution is 6.34. The number of piperazine rings is 1. The van der Waals surface area contributed by atoms with Gasteiger partial charge in [0, 0.05) is 50.2 Å². The Hall–Kier alpha value is -5.61. The summed E-state index contributed by atoms with van der Waals surface area (Å²) >= 11 is 6.98. The van der Waals surface area contributed by atoms with Crippen LogP contribution in [-0.4, -0.2) is 103 Å². The van der Waals surface area contributed by atoms with E-state index in [9.17, 15) is 4.79 Å². The molecule has 342 valence electrons. The van der Waals surface area contributed by atoms with E-state index in [1.54, 1.807) is 64.2 Å². The average Bonchev–Trinajstić information content (AvgIpc) is 3.66. The summed E-state index contributed by atoms with van der Waals surface area (Å²) in [6.45, 7) is 10.9. The fraction of sp³-hybridized carbons (Fsp3) is 0.447. The van der Waals surface area contributed by atoms with Crippen LogP contribution >= 0.6 is 11.6 Å². The fourth-order valence-electron chi connectivity index (χ4n) is 8.26. The molecule has 0 unspecified atom stereocenters. The van der Waals surface area contributed by atoms with Crippen molar-refractivity contribution in [1.82, 2.24) is 24.8 Å². The molecule has 3 aromatic carbocycles. The summed E-state index contributed by atoms with van der Waals surface area (Å²) in [5.74, 6) is 0.596. The number of halogens is 5. The summed E-state index contributed by atoms with van der Waals surface area (Å²) in [6, 6.07) is 16.9. The maximum atomic E-state index is 17.7. The molecule has 2 aliphatic heterocycles. The lowest BCUT2D eigenvalue weighted by atomic mass is 9.98. The van der Waals surface area contributed by atoms with E-state index in [-0.39, 0.29) is 90.5 Å². The molecule has 1 amide bonds. The van der Waals surface area contributed by atoms with Crippen molar-refractivity contribution in [1.29, 1.82) is 0 Å². The minimum absolute atomic E-state index is 0.0627. The molecular weight excluding hydrogens is 854 g/mol. The van der Waals surface area contributed by atoms with Crippen LogP contribution in [-0.2, 0) is 24.0 Å². The SMILES string of the molecule is COc1ccc(CN(Cc2ccc(OC)cc2)c2cc(C)c(C(F)(F)F)c(-c3c(Cl)cc4c(N5CCN(C(=O)OC(C)(C)C)C[C@@H]5C)nc(OC[C@@H]5CCCN5C)nc4c3F)n2)cc1. The number of fused-ring (bicyclic) bond motifs is 1. The quantitative estimate of drug-likeness (QED) is 0.112. The van der Waals surface area contributed by atoms with Crippen LogP contribution in [0.1, 0.15) is 62.8 Å². The van der Waals surface area contributed by atoms with Crippen LogP contribution in [0.3, 0.4) is 0 Å². The number of benzene rings is 3. The predicted octanol–water partition coefficient (Wildman–Crippen LogP) is 9.95. The van der Waals surface area contributed by atoms with Crippen molar-refractivity contribution in [3.8, 4) is 28.8 Å². The number of carbonyl (C=O) groups is 1. The molecule has 7 rings (SSSR count). The molecule has 2 saturated heterocycles. The number of hydrogen-bond donors (Lipinski definition) is 0. The van der Waals surface area contributed by atoms with E-state index >= 15 is 17.6 Å². The number of amides is 1. The summed E-state index contributed by atoms with van der Waals surface area (Å²) < 4.78 is 86.0. The van der Waals surface area contributed by atoms with Crippen LogP contribution in [0.4, 0.5) is 34.0 Å². The molecule has 0 radical (unpaired) electrons. The van der Waals surface area contributed by atoms with Crippen LogP contribution in [0.25, 0.3) is 22.2 Å². The first-order valence-corrected chi connectivity index (χ1v) is 21.6. The lowest BCUT2D eigenvalue weighted by molar-refractivity contribution is -0.137. The fourth-order valence-corrected chi connectivity index (χ4v) is 8.54. The van der Waals surface area contributed by atoms with Crippen molar-refractivity contribution in [2.24, 2.45) is 0 Å². The normalized spacial score (nSPS) is 17.2. The van der Waals surface area contributed by atoms with Crippen LogP contribution in [0, 0.1) is 12.7 Å². The number of nitrogens with zero attached hydrogens (tertiary/aromatic N) is 7. The summed E-state index contributed by atoms with van der Waals surface area (Å²) in [6.07, 6.45) is -3.56. The molecule has 4 heterocycles. The van der Waals surface area contributed by atoms with Crippen LogP contribution in [0.2, 0.25) is 5.02 Å². The maximum absolute atomic E-state index is 17.7. The second kappa shape index (κ2) is 18.9. The molecule has 5 aromatic rings.